The van der Waals surface area contributed by atoms with Crippen LogP contribution in [0.15, 0.2) is 87.7 Å². The van der Waals surface area contributed by atoms with Crippen LogP contribution in [0.4, 0.5) is 5.82 Å². The number of halogens is 1. The summed E-state index contributed by atoms with van der Waals surface area (Å²) >= 11 is 6.06. The second kappa shape index (κ2) is 7.99. The number of nitrogen functional groups attached to an aromatic ring is 1. The van der Waals surface area contributed by atoms with Gasteiger partial charge in [0.15, 0.2) is 5.65 Å². The van der Waals surface area contributed by atoms with E-state index in [0.29, 0.717) is 16.1 Å². The van der Waals surface area contributed by atoms with Gasteiger partial charge in [0, 0.05) is 5.02 Å². The Morgan fingerprint density at radius 3 is 2.42 bits per heavy atom. The minimum absolute atomic E-state index is 0.0124. The molecule has 0 unspecified atom stereocenters. The lowest BCUT2D eigenvalue weighted by Crippen LogP contribution is -2.06. The van der Waals surface area contributed by atoms with Gasteiger partial charge in [-0.15, -0.1) is 0 Å². The van der Waals surface area contributed by atoms with Crippen LogP contribution >= 0.6 is 11.6 Å². The quantitative estimate of drug-likeness (QED) is 0.374. The van der Waals surface area contributed by atoms with Crippen molar-refractivity contribution in [2.24, 2.45) is 5.10 Å². The maximum Gasteiger partial charge on any atom is 0.212 e. The minimum atomic E-state index is -4.06. The molecule has 0 saturated heterocycles. The van der Waals surface area contributed by atoms with Crippen LogP contribution in [0.3, 0.4) is 0 Å². The smallest absolute Gasteiger partial charge is 0.212 e. The first-order chi connectivity index (χ1) is 15.8. The lowest BCUT2D eigenvalue weighted by atomic mass is 10.2. The molecule has 0 fully saturated rings. The van der Waals surface area contributed by atoms with Crippen molar-refractivity contribution >= 4 is 55.7 Å². The fourth-order valence-electron chi connectivity index (χ4n) is 3.63. The van der Waals surface area contributed by atoms with Gasteiger partial charge < -0.3 is 5.73 Å². The maximum absolute atomic E-state index is 13.6. The van der Waals surface area contributed by atoms with E-state index in [1.807, 2.05) is 43.3 Å². The summed E-state index contributed by atoms with van der Waals surface area (Å²) in [4.78, 5) is 9.08. The van der Waals surface area contributed by atoms with E-state index in [1.54, 1.807) is 30.5 Å². The van der Waals surface area contributed by atoms with Crippen molar-refractivity contribution in [1.82, 2.24) is 14.6 Å². The predicted octanol–water partition coefficient (Wildman–Crippen LogP) is 4.84. The highest BCUT2D eigenvalue weighted by atomic mass is 35.5. The van der Waals surface area contributed by atoms with Gasteiger partial charge in [-0.1, -0.05) is 59.6 Å². The highest BCUT2D eigenvalue weighted by Crippen LogP contribution is 2.35. The topological polar surface area (TPSA) is 103 Å². The third kappa shape index (κ3) is 3.73. The summed E-state index contributed by atoms with van der Waals surface area (Å²) in [5.41, 5.74) is 9.84. The summed E-state index contributed by atoms with van der Waals surface area (Å²) in [5.74, 6) is -0.0795. The van der Waals surface area contributed by atoms with Crippen molar-refractivity contribution in [3.63, 3.8) is 0 Å². The second-order valence-electron chi connectivity index (χ2n) is 7.53. The summed E-state index contributed by atoms with van der Waals surface area (Å²) in [6.07, 6.45) is 1.61. The Hall–Kier alpha value is -3.75. The largest absolute Gasteiger partial charge is 0.382 e. The third-order valence-corrected chi connectivity index (χ3v) is 7.22. The van der Waals surface area contributed by atoms with Crippen LogP contribution in [0.5, 0.6) is 0 Å². The molecule has 0 aliphatic carbocycles. The molecule has 0 spiro atoms. The fraction of sp³-hybridized carbons (Fsp3) is 0.0417. The van der Waals surface area contributed by atoms with E-state index < -0.39 is 9.84 Å². The van der Waals surface area contributed by atoms with E-state index in [9.17, 15) is 8.42 Å². The molecule has 0 aliphatic rings. The van der Waals surface area contributed by atoms with Crippen LogP contribution in [0.2, 0.25) is 5.02 Å². The van der Waals surface area contributed by atoms with Gasteiger partial charge in [0.1, 0.15) is 16.2 Å². The number of fused-ring (bicyclic) bond motifs is 2. The van der Waals surface area contributed by atoms with Gasteiger partial charge in [0.2, 0.25) is 9.84 Å². The monoisotopic (exact) mass is 475 g/mol. The van der Waals surface area contributed by atoms with Crippen molar-refractivity contribution in [3.8, 4) is 0 Å². The van der Waals surface area contributed by atoms with Crippen LogP contribution < -0.4 is 5.73 Å². The standard InChI is InChI=1S/C24H18ClN5O2S/c1-15-6-4-7-16(12-15)14-27-30-23(26)22(33(31,32)18-9-5-8-17(25)13-18)21-24(30)29-20-11-3-2-10-19(20)28-21/h2-14H,26H2,1H3. The number of nitrogens with two attached hydrogens (primary N) is 1. The number of nitrogens with zero attached hydrogens (tertiary/aromatic N) is 4. The Morgan fingerprint density at radius 2 is 1.70 bits per heavy atom. The summed E-state index contributed by atoms with van der Waals surface area (Å²) < 4.78 is 28.5. The molecule has 9 heteroatoms. The molecule has 0 atom stereocenters. The zero-order chi connectivity index (χ0) is 23.2. The molecule has 0 aliphatic heterocycles. The van der Waals surface area contributed by atoms with E-state index in [4.69, 9.17) is 17.3 Å². The number of sulfone groups is 1. The molecule has 5 rings (SSSR count). The van der Waals surface area contributed by atoms with Gasteiger partial charge in [0.25, 0.3) is 0 Å². The Bertz CT molecular complexity index is 1680. The van der Waals surface area contributed by atoms with Crippen molar-refractivity contribution < 1.29 is 8.42 Å². The van der Waals surface area contributed by atoms with E-state index in [1.165, 1.54) is 16.8 Å². The van der Waals surface area contributed by atoms with Crippen LogP contribution in [-0.2, 0) is 9.84 Å². The number of aryl methyl sites for hydroxylation is 1. The van der Waals surface area contributed by atoms with Crippen LogP contribution in [0, 0.1) is 6.92 Å². The Balaban J connectivity index is 1.81. The molecule has 2 aromatic heterocycles. The number of benzene rings is 3. The predicted molar refractivity (Wildman–Crippen MR) is 131 cm³/mol. The first-order valence-electron chi connectivity index (χ1n) is 10.0. The zero-order valence-corrected chi connectivity index (χ0v) is 19.0. The fourth-order valence-corrected chi connectivity index (χ4v) is 5.41. The van der Waals surface area contributed by atoms with Crippen molar-refractivity contribution in [3.05, 3.63) is 88.9 Å². The van der Waals surface area contributed by atoms with Crippen LogP contribution in [0.25, 0.3) is 22.2 Å². The van der Waals surface area contributed by atoms with Gasteiger partial charge in [-0.05, 0) is 42.8 Å². The lowest BCUT2D eigenvalue weighted by Gasteiger charge is -2.05. The molecule has 7 nitrogen and oxygen atoms in total. The molecule has 0 bridgehead atoms. The molecule has 164 valence electrons. The summed E-state index contributed by atoms with van der Waals surface area (Å²) in [6, 6.07) is 21.0. The summed E-state index contributed by atoms with van der Waals surface area (Å²) in [6.45, 7) is 1.98. The molecule has 2 heterocycles. The van der Waals surface area contributed by atoms with Gasteiger partial charge >= 0.3 is 0 Å². The third-order valence-electron chi connectivity index (χ3n) is 5.17. The summed E-state index contributed by atoms with van der Waals surface area (Å²) in [5, 5.41) is 4.77. The van der Waals surface area contributed by atoms with Gasteiger partial charge in [-0.2, -0.15) is 9.78 Å². The molecule has 33 heavy (non-hydrogen) atoms. The van der Waals surface area contributed by atoms with Crippen LogP contribution in [0.1, 0.15) is 11.1 Å². The molecular formula is C24H18ClN5O2S. The first kappa shape index (κ1) is 21.1. The number of hydrogen-bond donors (Lipinski definition) is 1. The number of aromatic nitrogens is 3. The molecule has 3 aromatic carbocycles. The Morgan fingerprint density at radius 1 is 0.970 bits per heavy atom. The molecule has 5 aromatic rings. The first-order valence-corrected chi connectivity index (χ1v) is 11.9. The van der Waals surface area contributed by atoms with E-state index >= 15 is 0 Å². The van der Waals surface area contributed by atoms with Gasteiger partial charge in [0.05, 0.1) is 22.1 Å². The number of anilines is 1. The zero-order valence-electron chi connectivity index (χ0n) is 17.5. The molecule has 2 N–H and O–H groups in total. The lowest BCUT2D eigenvalue weighted by molar-refractivity contribution is 0.597. The van der Waals surface area contributed by atoms with E-state index in [2.05, 4.69) is 15.1 Å². The SMILES string of the molecule is Cc1cccc(C=Nn2c(N)c(S(=O)(=O)c3cccc(Cl)c3)c3nc4ccccc4nc32)c1. The van der Waals surface area contributed by atoms with Gasteiger partial charge in [-0.25, -0.2) is 18.4 Å². The highest BCUT2D eigenvalue weighted by molar-refractivity contribution is 7.92. The van der Waals surface area contributed by atoms with Crippen LogP contribution in [-0.4, -0.2) is 29.3 Å². The number of hydrogen-bond acceptors (Lipinski definition) is 6. The summed E-state index contributed by atoms with van der Waals surface area (Å²) in [7, 11) is -4.06. The maximum atomic E-state index is 13.6. The van der Waals surface area contributed by atoms with E-state index in [0.717, 1.165) is 11.1 Å². The Labute approximate surface area is 195 Å². The van der Waals surface area contributed by atoms with Crippen molar-refractivity contribution in [2.75, 3.05) is 5.73 Å². The minimum Gasteiger partial charge on any atom is -0.382 e. The number of para-hydroxylation sites is 2. The van der Waals surface area contributed by atoms with Gasteiger partial charge in [-0.3, -0.25) is 0 Å². The molecule has 0 radical (unpaired) electrons. The number of rotatable bonds is 4. The van der Waals surface area contributed by atoms with Crippen molar-refractivity contribution in [1.29, 1.82) is 0 Å². The average molecular weight is 476 g/mol. The molecule has 0 amide bonds. The highest BCUT2D eigenvalue weighted by Gasteiger charge is 2.30. The normalized spacial score (nSPS) is 12.2. The van der Waals surface area contributed by atoms with Crippen molar-refractivity contribution in [2.45, 2.75) is 16.7 Å². The second-order valence-corrected chi connectivity index (χ2v) is 9.85. The molecule has 0 saturated carbocycles. The van der Waals surface area contributed by atoms with E-state index in [-0.39, 0.29) is 26.8 Å². The molecular weight excluding hydrogens is 458 g/mol. The average Bonchev–Trinajstić information content (AvgIpc) is 3.07. The Kier molecular flexibility index (Phi) is 5.11.